The average molecular weight is 491 g/mol. The van der Waals surface area contributed by atoms with E-state index in [1.165, 1.54) is 0 Å². The maximum absolute atomic E-state index is 11.8. The highest BCUT2D eigenvalue weighted by Gasteiger charge is 2.18. The third-order valence-corrected chi connectivity index (χ3v) is 5.15. The third-order valence-electron chi connectivity index (χ3n) is 3.55. The van der Waals surface area contributed by atoms with E-state index < -0.39 is 26.7 Å². The fourth-order valence-electron chi connectivity index (χ4n) is 2.15. The minimum Gasteiger partial charge on any atom is -0.425 e. The molecule has 1 aromatic heterocycles. The van der Waals surface area contributed by atoms with Crippen LogP contribution in [-0.4, -0.2) is 38.8 Å². The van der Waals surface area contributed by atoms with Gasteiger partial charge in [-0.3, -0.25) is 14.3 Å². The second kappa shape index (κ2) is 11.5. The Morgan fingerprint density at radius 1 is 1.06 bits per heavy atom. The molecule has 3 rings (SSSR count). The SMILES string of the molecule is C#C.Nc1ccc(Nc2nc(Nc3ccc(OSCC(=O)S(=O)(=O)O)cc3)[nH]c(=O)n2)cc1. The first-order chi connectivity index (χ1) is 15.7. The molecular formula is C19H18N6O6S2. The number of nitrogen functional groups attached to an aromatic ring is 1. The Kier molecular flexibility index (Phi) is 8.80. The molecule has 12 nitrogen and oxygen atoms in total. The monoisotopic (exact) mass is 490 g/mol. The Bertz CT molecular complexity index is 1270. The number of hydrogen-bond acceptors (Lipinski definition) is 11. The Morgan fingerprint density at radius 3 is 2.24 bits per heavy atom. The third kappa shape index (κ3) is 8.18. The first kappa shape index (κ1) is 25.2. The molecule has 0 aliphatic rings. The fourth-order valence-corrected chi connectivity index (χ4v) is 3.29. The highest BCUT2D eigenvalue weighted by atomic mass is 32.2. The zero-order chi connectivity index (χ0) is 24.4. The number of nitrogens with one attached hydrogen (secondary N) is 3. The Balaban J connectivity index is 0.00000187. The minimum absolute atomic E-state index is 0.0795. The molecule has 0 amide bonds. The van der Waals surface area contributed by atoms with E-state index in [4.69, 9.17) is 14.5 Å². The number of carbonyl (C=O) groups excluding carboxylic acids is 1. The second-order valence-electron chi connectivity index (χ2n) is 5.91. The number of aromatic amines is 1. The predicted molar refractivity (Wildman–Crippen MR) is 126 cm³/mol. The van der Waals surface area contributed by atoms with Crippen LogP contribution in [0.25, 0.3) is 0 Å². The van der Waals surface area contributed by atoms with Crippen molar-refractivity contribution in [2.45, 2.75) is 0 Å². The summed E-state index contributed by atoms with van der Waals surface area (Å²) >= 11 is 0.563. The van der Waals surface area contributed by atoms with Gasteiger partial charge in [-0.15, -0.1) is 12.8 Å². The molecule has 0 spiro atoms. The summed E-state index contributed by atoms with van der Waals surface area (Å²) in [7, 11) is -4.73. The lowest BCUT2D eigenvalue weighted by Gasteiger charge is -2.09. The number of nitrogens with zero attached hydrogens (tertiary/aromatic N) is 2. The second-order valence-corrected chi connectivity index (χ2v) is 8.01. The van der Waals surface area contributed by atoms with Crippen molar-refractivity contribution in [3.05, 3.63) is 59.0 Å². The number of H-pyrrole nitrogens is 1. The first-order valence-corrected chi connectivity index (χ1v) is 11.2. The lowest BCUT2D eigenvalue weighted by molar-refractivity contribution is -0.110. The number of rotatable bonds is 8. The molecule has 172 valence electrons. The lowest BCUT2D eigenvalue weighted by Crippen LogP contribution is -2.16. The molecule has 2 aromatic carbocycles. The standard InChI is InChI=1S/C17H16N6O6S2.C2H2/c18-10-1-3-11(4-2-10)19-15-21-16(23-17(25)22-15)20-12-5-7-13(8-6-12)29-30-9-14(24)31(26,27)28;1-2/h1-8H,9,18H2,(H,26,27,28)(H3,19,20,21,22,23,25);1-2H. The molecule has 0 saturated carbocycles. The van der Waals surface area contributed by atoms with Crippen molar-refractivity contribution in [1.82, 2.24) is 15.0 Å². The predicted octanol–water partition coefficient (Wildman–Crippen LogP) is 1.93. The van der Waals surface area contributed by atoms with E-state index >= 15 is 0 Å². The van der Waals surface area contributed by atoms with Crippen LogP contribution < -0.4 is 26.2 Å². The lowest BCUT2D eigenvalue weighted by atomic mass is 10.3. The van der Waals surface area contributed by atoms with Crippen molar-refractivity contribution in [3.63, 3.8) is 0 Å². The van der Waals surface area contributed by atoms with Gasteiger partial charge in [0.05, 0.1) is 12.0 Å². The Labute approximate surface area is 193 Å². The first-order valence-electron chi connectivity index (χ1n) is 8.80. The molecule has 0 aliphatic carbocycles. The summed E-state index contributed by atoms with van der Waals surface area (Å²) in [6.07, 6.45) is 8.00. The molecule has 0 fully saturated rings. The molecule has 1 heterocycles. The van der Waals surface area contributed by atoms with Crippen molar-refractivity contribution in [2.75, 3.05) is 22.1 Å². The maximum Gasteiger partial charge on any atom is 0.351 e. The number of aromatic nitrogens is 3. The number of terminal acetylenes is 1. The van der Waals surface area contributed by atoms with Gasteiger partial charge in [0.2, 0.25) is 11.9 Å². The van der Waals surface area contributed by atoms with E-state index in [-0.39, 0.29) is 11.9 Å². The van der Waals surface area contributed by atoms with Gasteiger partial charge in [0.15, 0.2) is 0 Å². The summed E-state index contributed by atoms with van der Waals surface area (Å²) in [6, 6.07) is 13.1. The molecule has 0 radical (unpaired) electrons. The molecular weight excluding hydrogens is 472 g/mol. The number of hydrogen-bond donors (Lipinski definition) is 5. The summed E-state index contributed by atoms with van der Waals surface area (Å²) in [5.41, 5.74) is 6.82. The highest BCUT2D eigenvalue weighted by Crippen LogP contribution is 2.22. The maximum atomic E-state index is 11.8. The molecule has 0 bridgehead atoms. The summed E-state index contributed by atoms with van der Waals surface area (Å²) in [6.45, 7) is 0. The smallest absolute Gasteiger partial charge is 0.351 e. The minimum atomic E-state index is -4.73. The van der Waals surface area contributed by atoms with Crippen molar-refractivity contribution in [1.29, 1.82) is 0 Å². The largest absolute Gasteiger partial charge is 0.425 e. The van der Waals surface area contributed by atoms with Crippen molar-refractivity contribution >= 4 is 56.2 Å². The van der Waals surface area contributed by atoms with Gasteiger partial charge in [-0.2, -0.15) is 18.4 Å². The Hall–Kier alpha value is -4.06. The van der Waals surface area contributed by atoms with Crippen LogP contribution >= 0.6 is 12.0 Å². The number of benzene rings is 2. The summed E-state index contributed by atoms with van der Waals surface area (Å²) in [5.74, 6) is -0.0127. The van der Waals surface area contributed by atoms with E-state index in [1.54, 1.807) is 48.5 Å². The zero-order valence-electron chi connectivity index (χ0n) is 16.8. The molecule has 0 aliphatic heterocycles. The summed E-state index contributed by atoms with van der Waals surface area (Å²) < 4.78 is 35.1. The molecule has 0 atom stereocenters. The van der Waals surface area contributed by atoms with Crippen LogP contribution in [0.2, 0.25) is 0 Å². The van der Waals surface area contributed by atoms with Crippen LogP contribution in [0.4, 0.5) is 29.0 Å². The van der Waals surface area contributed by atoms with Gasteiger partial charge in [0, 0.05) is 17.1 Å². The summed E-state index contributed by atoms with van der Waals surface area (Å²) in [4.78, 5) is 33.3. The topological polar surface area (TPSA) is 189 Å². The zero-order valence-corrected chi connectivity index (χ0v) is 18.4. The molecule has 0 saturated heterocycles. The van der Waals surface area contributed by atoms with Gasteiger partial charge in [-0.1, -0.05) is 0 Å². The molecule has 6 N–H and O–H groups in total. The van der Waals surface area contributed by atoms with E-state index in [0.29, 0.717) is 34.9 Å². The molecule has 0 unspecified atom stereocenters. The molecule has 14 heteroatoms. The van der Waals surface area contributed by atoms with Crippen LogP contribution in [0.15, 0.2) is 53.3 Å². The van der Waals surface area contributed by atoms with Crippen molar-refractivity contribution in [2.24, 2.45) is 0 Å². The van der Waals surface area contributed by atoms with E-state index in [2.05, 4.69) is 38.4 Å². The van der Waals surface area contributed by atoms with Gasteiger partial charge < -0.3 is 20.6 Å². The van der Waals surface area contributed by atoms with Gasteiger partial charge >= 0.3 is 15.8 Å². The van der Waals surface area contributed by atoms with E-state index in [0.717, 1.165) is 0 Å². The van der Waals surface area contributed by atoms with Gasteiger partial charge in [0.1, 0.15) is 11.5 Å². The van der Waals surface area contributed by atoms with Gasteiger partial charge in [-0.25, -0.2) is 4.79 Å². The normalized spacial score (nSPS) is 10.4. The van der Waals surface area contributed by atoms with Crippen LogP contribution in [0.1, 0.15) is 0 Å². The Morgan fingerprint density at radius 2 is 1.64 bits per heavy atom. The molecule has 3 aromatic rings. The van der Waals surface area contributed by atoms with Crippen molar-refractivity contribution < 1.29 is 21.9 Å². The van der Waals surface area contributed by atoms with Crippen LogP contribution in [-0.2, 0) is 14.9 Å². The highest BCUT2D eigenvalue weighted by molar-refractivity contribution is 8.05. The fraction of sp³-hybridized carbons (Fsp3) is 0.0526. The van der Waals surface area contributed by atoms with Crippen LogP contribution in [0.3, 0.4) is 0 Å². The van der Waals surface area contributed by atoms with Gasteiger partial charge in [-0.05, 0) is 48.5 Å². The van der Waals surface area contributed by atoms with Crippen molar-refractivity contribution in [3.8, 4) is 18.6 Å². The van der Waals surface area contributed by atoms with E-state index in [1.807, 2.05) is 0 Å². The van der Waals surface area contributed by atoms with Gasteiger partial charge in [0.25, 0.3) is 5.12 Å². The molecule has 33 heavy (non-hydrogen) atoms. The van der Waals surface area contributed by atoms with E-state index in [9.17, 15) is 18.0 Å². The summed E-state index contributed by atoms with van der Waals surface area (Å²) in [5, 5.41) is 4.45. The average Bonchev–Trinajstić information content (AvgIpc) is 2.77. The number of carbonyl (C=O) groups is 1. The van der Waals surface area contributed by atoms with Crippen LogP contribution in [0, 0.1) is 12.8 Å². The van der Waals surface area contributed by atoms with Crippen LogP contribution in [0.5, 0.6) is 5.75 Å². The quantitative estimate of drug-likeness (QED) is 0.134. The number of nitrogens with two attached hydrogens (primary N) is 1. The number of anilines is 5.